The fourth-order valence-electron chi connectivity index (χ4n) is 1.01. The van der Waals surface area contributed by atoms with E-state index in [0.29, 0.717) is 5.02 Å². The molecular formula is C11H12ClNOS. The normalized spacial score (nSPS) is 10.8. The molecule has 0 aromatic carbocycles. The maximum absolute atomic E-state index is 10.6. The Bertz CT molecular complexity index is 365. The monoisotopic (exact) mass is 241 g/mol. The van der Waals surface area contributed by atoms with Crippen LogP contribution < -0.4 is 0 Å². The van der Waals surface area contributed by atoms with Gasteiger partial charge in [0.05, 0.1) is 5.02 Å². The Balaban J connectivity index is 2.35. The van der Waals surface area contributed by atoms with Crippen LogP contribution in [0.15, 0.2) is 24.5 Å². The highest BCUT2D eigenvalue weighted by atomic mass is 35.5. The Morgan fingerprint density at radius 2 is 2.40 bits per heavy atom. The number of carbonyl (C=O) groups excluding carboxylic acids is 1. The van der Waals surface area contributed by atoms with E-state index in [2.05, 4.69) is 4.98 Å². The van der Waals surface area contributed by atoms with E-state index in [0.717, 1.165) is 17.7 Å². The van der Waals surface area contributed by atoms with Crippen LogP contribution in [0, 0.1) is 0 Å². The van der Waals surface area contributed by atoms with E-state index in [1.165, 1.54) is 11.8 Å². The molecule has 0 aliphatic carbocycles. The van der Waals surface area contributed by atoms with Gasteiger partial charge >= 0.3 is 0 Å². The predicted octanol–water partition coefficient (Wildman–Crippen LogP) is 3.42. The zero-order valence-electron chi connectivity index (χ0n) is 8.44. The molecule has 0 aliphatic heterocycles. The van der Waals surface area contributed by atoms with Gasteiger partial charge in [-0.3, -0.25) is 9.78 Å². The lowest BCUT2D eigenvalue weighted by Gasteiger charge is -1.94. The molecule has 0 amide bonds. The van der Waals surface area contributed by atoms with Crippen LogP contribution in [0.3, 0.4) is 0 Å². The van der Waals surface area contributed by atoms with E-state index in [9.17, 15) is 4.79 Å². The summed E-state index contributed by atoms with van der Waals surface area (Å²) in [5.74, 6) is 0.819. The number of halogens is 1. The number of nitrogens with zero attached hydrogens (tertiary/aromatic N) is 1. The van der Waals surface area contributed by atoms with Gasteiger partial charge in [-0.05, 0) is 18.1 Å². The molecule has 0 radical (unpaired) electrons. The van der Waals surface area contributed by atoms with Gasteiger partial charge in [0, 0.05) is 25.1 Å². The van der Waals surface area contributed by atoms with Crippen molar-refractivity contribution in [3.05, 3.63) is 35.1 Å². The van der Waals surface area contributed by atoms with Gasteiger partial charge in [-0.15, -0.1) is 0 Å². The SMILES string of the molecule is CC(=O)SCCC=Cc1cncc(Cl)c1. The maximum Gasteiger partial charge on any atom is 0.185 e. The molecule has 0 atom stereocenters. The second-order valence-electron chi connectivity index (χ2n) is 2.97. The van der Waals surface area contributed by atoms with Gasteiger partial charge in [0.15, 0.2) is 5.12 Å². The van der Waals surface area contributed by atoms with Gasteiger partial charge in [0.25, 0.3) is 0 Å². The smallest absolute Gasteiger partial charge is 0.185 e. The summed E-state index contributed by atoms with van der Waals surface area (Å²) in [6.07, 6.45) is 8.20. The molecule has 1 heterocycles. The number of rotatable bonds is 4. The summed E-state index contributed by atoms with van der Waals surface area (Å²) >= 11 is 7.12. The minimum atomic E-state index is 0.160. The zero-order chi connectivity index (χ0) is 11.1. The highest BCUT2D eigenvalue weighted by Gasteiger charge is 1.92. The second-order valence-corrected chi connectivity index (χ2v) is 4.68. The highest BCUT2D eigenvalue weighted by Crippen LogP contribution is 2.10. The molecular weight excluding hydrogens is 230 g/mol. The lowest BCUT2D eigenvalue weighted by molar-refractivity contribution is -0.109. The van der Waals surface area contributed by atoms with Gasteiger partial charge in [-0.1, -0.05) is 35.5 Å². The van der Waals surface area contributed by atoms with Crippen molar-refractivity contribution in [2.24, 2.45) is 0 Å². The molecule has 0 N–H and O–H groups in total. The molecule has 15 heavy (non-hydrogen) atoms. The molecule has 0 fully saturated rings. The van der Waals surface area contributed by atoms with E-state index >= 15 is 0 Å². The molecule has 0 spiro atoms. The van der Waals surface area contributed by atoms with Crippen molar-refractivity contribution >= 4 is 34.6 Å². The van der Waals surface area contributed by atoms with E-state index < -0.39 is 0 Å². The van der Waals surface area contributed by atoms with E-state index in [1.54, 1.807) is 19.3 Å². The van der Waals surface area contributed by atoms with Gasteiger partial charge in [-0.2, -0.15) is 0 Å². The third kappa shape index (κ3) is 5.60. The Morgan fingerprint density at radius 3 is 3.07 bits per heavy atom. The number of hydrogen-bond donors (Lipinski definition) is 0. The fourth-order valence-corrected chi connectivity index (χ4v) is 1.73. The van der Waals surface area contributed by atoms with Crippen LogP contribution in [0.25, 0.3) is 6.08 Å². The minimum absolute atomic E-state index is 0.160. The first-order chi connectivity index (χ1) is 7.18. The van der Waals surface area contributed by atoms with Crippen molar-refractivity contribution in [2.45, 2.75) is 13.3 Å². The van der Waals surface area contributed by atoms with Crippen molar-refractivity contribution in [3.8, 4) is 0 Å². The summed E-state index contributed by atoms with van der Waals surface area (Å²) in [6.45, 7) is 1.58. The topological polar surface area (TPSA) is 30.0 Å². The molecule has 0 aliphatic rings. The lowest BCUT2D eigenvalue weighted by atomic mass is 10.2. The summed E-state index contributed by atoms with van der Waals surface area (Å²) in [4.78, 5) is 14.6. The molecule has 0 bridgehead atoms. The molecule has 0 saturated heterocycles. The van der Waals surface area contributed by atoms with Gasteiger partial charge in [-0.25, -0.2) is 0 Å². The van der Waals surface area contributed by atoms with E-state index in [4.69, 9.17) is 11.6 Å². The number of thioether (sulfide) groups is 1. The molecule has 0 saturated carbocycles. The maximum atomic E-state index is 10.6. The minimum Gasteiger partial charge on any atom is -0.288 e. The molecule has 4 heteroatoms. The van der Waals surface area contributed by atoms with Crippen LogP contribution in [0.1, 0.15) is 18.9 Å². The third-order valence-electron chi connectivity index (χ3n) is 1.63. The number of pyridine rings is 1. The third-order valence-corrected chi connectivity index (χ3v) is 2.68. The quantitative estimate of drug-likeness (QED) is 0.757. The van der Waals surface area contributed by atoms with E-state index in [-0.39, 0.29) is 5.12 Å². The van der Waals surface area contributed by atoms with Crippen molar-refractivity contribution in [3.63, 3.8) is 0 Å². The molecule has 80 valence electrons. The van der Waals surface area contributed by atoms with Crippen molar-refractivity contribution in [1.29, 1.82) is 0 Å². The Morgan fingerprint density at radius 1 is 1.60 bits per heavy atom. The summed E-state index contributed by atoms with van der Waals surface area (Å²) in [5, 5.41) is 0.795. The van der Waals surface area contributed by atoms with Crippen LogP contribution in [0.4, 0.5) is 0 Å². The fraction of sp³-hybridized carbons (Fsp3) is 0.273. The second kappa shape index (κ2) is 6.64. The summed E-state index contributed by atoms with van der Waals surface area (Å²) in [6, 6.07) is 1.85. The van der Waals surface area contributed by atoms with Crippen LogP contribution >= 0.6 is 23.4 Å². The molecule has 1 aromatic heterocycles. The molecule has 0 unspecified atom stereocenters. The first-order valence-electron chi connectivity index (χ1n) is 4.59. The number of aromatic nitrogens is 1. The first-order valence-corrected chi connectivity index (χ1v) is 5.95. The first kappa shape index (κ1) is 12.3. The van der Waals surface area contributed by atoms with Gasteiger partial charge in [0.1, 0.15) is 0 Å². The predicted molar refractivity (Wildman–Crippen MR) is 66.0 cm³/mol. The van der Waals surface area contributed by atoms with Crippen molar-refractivity contribution in [1.82, 2.24) is 4.98 Å². The van der Waals surface area contributed by atoms with Crippen molar-refractivity contribution in [2.75, 3.05) is 5.75 Å². The Labute approximate surface area is 98.7 Å². The highest BCUT2D eigenvalue weighted by molar-refractivity contribution is 8.13. The average molecular weight is 242 g/mol. The zero-order valence-corrected chi connectivity index (χ0v) is 10.0. The van der Waals surface area contributed by atoms with Crippen LogP contribution in [-0.2, 0) is 4.79 Å². The van der Waals surface area contributed by atoms with Crippen molar-refractivity contribution < 1.29 is 4.79 Å². The standard InChI is InChI=1S/C11H12ClNOS/c1-9(14)15-5-3-2-4-10-6-11(12)8-13-7-10/h2,4,6-8H,3,5H2,1H3. The van der Waals surface area contributed by atoms with Gasteiger partial charge < -0.3 is 0 Å². The Kier molecular flexibility index (Phi) is 5.43. The van der Waals surface area contributed by atoms with E-state index in [1.807, 2.05) is 18.2 Å². The molecule has 1 rings (SSSR count). The lowest BCUT2D eigenvalue weighted by Crippen LogP contribution is -1.83. The molecule has 2 nitrogen and oxygen atoms in total. The van der Waals surface area contributed by atoms with Crippen LogP contribution in [0.2, 0.25) is 5.02 Å². The summed E-state index contributed by atoms with van der Waals surface area (Å²) in [7, 11) is 0. The number of allylic oxidation sites excluding steroid dienone is 1. The molecule has 1 aromatic rings. The Hall–Kier alpha value is -0.800. The average Bonchev–Trinajstić information content (AvgIpc) is 2.17. The van der Waals surface area contributed by atoms with Gasteiger partial charge in [0.2, 0.25) is 0 Å². The van der Waals surface area contributed by atoms with Crippen LogP contribution in [0.5, 0.6) is 0 Å². The van der Waals surface area contributed by atoms with Crippen LogP contribution in [-0.4, -0.2) is 15.9 Å². The summed E-state index contributed by atoms with van der Waals surface area (Å²) < 4.78 is 0. The summed E-state index contributed by atoms with van der Waals surface area (Å²) in [5.41, 5.74) is 0.982. The number of carbonyl (C=O) groups is 1. The largest absolute Gasteiger partial charge is 0.288 e. The number of hydrogen-bond acceptors (Lipinski definition) is 3.